The van der Waals surface area contributed by atoms with Crippen LogP contribution in [0.1, 0.15) is 31.2 Å². The molecule has 24 heavy (non-hydrogen) atoms. The van der Waals surface area contributed by atoms with Crippen molar-refractivity contribution in [3.8, 4) is 5.75 Å². The van der Waals surface area contributed by atoms with E-state index in [0.29, 0.717) is 0 Å². The molecule has 0 amide bonds. The van der Waals surface area contributed by atoms with E-state index in [1.807, 2.05) is 30.9 Å². The highest BCUT2D eigenvalue weighted by Gasteiger charge is 1.97. The number of halogens is 1. The molecule has 0 atom stereocenters. The van der Waals surface area contributed by atoms with Crippen LogP contribution in [0.15, 0.2) is 29.3 Å². The zero-order chi connectivity index (χ0) is 16.8. The van der Waals surface area contributed by atoms with Crippen LogP contribution < -0.4 is 15.4 Å². The summed E-state index contributed by atoms with van der Waals surface area (Å²) in [5.74, 6) is 3.08. The summed E-state index contributed by atoms with van der Waals surface area (Å²) in [4.78, 5) is 4.24. The van der Waals surface area contributed by atoms with Crippen LogP contribution in [0.5, 0.6) is 5.75 Å². The Morgan fingerprint density at radius 2 is 1.67 bits per heavy atom. The highest BCUT2D eigenvalue weighted by atomic mass is 127. The number of rotatable bonds is 11. The van der Waals surface area contributed by atoms with E-state index in [-0.39, 0.29) is 24.0 Å². The Hall–Kier alpha value is -0.630. The van der Waals surface area contributed by atoms with Crippen molar-refractivity contribution in [1.82, 2.24) is 10.6 Å². The third kappa shape index (κ3) is 11.8. The maximum Gasteiger partial charge on any atom is 0.190 e. The van der Waals surface area contributed by atoms with Crippen molar-refractivity contribution in [1.29, 1.82) is 0 Å². The van der Waals surface area contributed by atoms with Gasteiger partial charge in [-0.3, -0.25) is 4.99 Å². The summed E-state index contributed by atoms with van der Waals surface area (Å²) in [5, 5.41) is 6.69. The second kappa shape index (κ2) is 15.9. The zero-order valence-electron chi connectivity index (χ0n) is 15.1. The predicted octanol–water partition coefficient (Wildman–Crippen LogP) is 4.08. The number of hydrogen-bond acceptors (Lipinski definition) is 3. The van der Waals surface area contributed by atoms with Gasteiger partial charge in [-0.05, 0) is 56.7 Å². The SMILES string of the molecule is CN=C(NCCCCOc1ccc(C)cc1)NCCCCSC.I. The molecule has 138 valence electrons. The highest BCUT2D eigenvalue weighted by Crippen LogP contribution is 2.11. The molecule has 0 heterocycles. The minimum absolute atomic E-state index is 0. The largest absolute Gasteiger partial charge is 0.494 e. The number of aryl methyl sites for hydroxylation is 1. The van der Waals surface area contributed by atoms with Crippen molar-refractivity contribution >= 4 is 41.7 Å². The molecule has 0 aliphatic heterocycles. The molecule has 1 rings (SSSR count). The average molecular weight is 465 g/mol. The van der Waals surface area contributed by atoms with Gasteiger partial charge in [0, 0.05) is 20.1 Å². The molecule has 2 N–H and O–H groups in total. The number of unbranched alkanes of at least 4 members (excludes halogenated alkanes) is 2. The number of thioether (sulfide) groups is 1. The maximum atomic E-state index is 5.72. The van der Waals surface area contributed by atoms with Crippen LogP contribution in [0, 0.1) is 6.92 Å². The van der Waals surface area contributed by atoms with E-state index in [1.54, 1.807) is 0 Å². The number of nitrogens with zero attached hydrogens (tertiary/aromatic N) is 1. The van der Waals surface area contributed by atoms with Crippen molar-refractivity contribution < 1.29 is 4.74 Å². The van der Waals surface area contributed by atoms with Crippen LogP contribution >= 0.6 is 35.7 Å². The Kier molecular flexibility index (Phi) is 15.5. The third-order valence-corrected chi connectivity index (χ3v) is 4.14. The van der Waals surface area contributed by atoms with Crippen LogP contribution in [0.4, 0.5) is 0 Å². The standard InChI is InChI=1S/C18H31N3OS.HI/c1-16-8-10-17(11-9-16)22-14-6-4-12-20-18(19-2)21-13-5-7-15-23-3;/h8-11H,4-7,12-15H2,1-3H3,(H2,19,20,21);1H. The smallest absolute Gasteiger partial charge is 0.190 e. The first-order valence-electron chi connectivity index (χ1n) is 8.39. The first-order chi connectivity index (χ1) is 11.3. The molecule has 0 saturated carbocycles. The predicted molar refractivity (Wildman–Crippen MR) is 118 cm³/mol. The minimum atomic E-state index is 0. The first-order valence-corrected chi connectivity index (χ1v) is 9.78. The number of guanidine groups is 1. The Bertz CT molecular complexity index is 440. The minimum Gasteiger partial charge on any atom is -0.494 e. The molecular formula is C18H32IN3OS. The molecule has 0 spiro atoms. The fraction of sp³-hybridized carbons (Fsp3) is 0.611. The van der Waals surface area contributed by atoms with E-state index in [1.165, 1.54) is 24.2 Å². The van der Waals surface area contributed by atoms with Gasteiger partial charge in [0.05, 0.1) is 6.61 Å². The fourth-order valence-corrected chi connectivity index (χ4v) is 2.55. The summed E-state index contributed by atoms with van der Waals surface area (Å²) < 4.78 is 5.72. The summed E-state index contributed by atoms with van der Waals surface area (Å²) in [6, 6.07) is 8.20. The number of aliphatic imine (C=N–C) groups is 1. The van der Waals surface area contributed by atoms with Gasteiger partial charge < -0.3 is 15.4 Å². The summed E-state index contributed by atoms with van der Waals surface area (Å²) in [6.45, 7) is 4.74. The van der Waals surface area contributed by atoms with Crippen molar-refractivity contribution in [2.45, 2.75) is 32.6 Å². The van der Waals surface area contributed by atoms with E-state index in [4.69, 9.17) is 4.74 Å². The monoisotopic (exact) mass is 465 g/mol. The van der Waals surface area contributed by atoms with Crippen LogP contribution in [-0.2, 0) is 0 Å². The van der Waals surface area contributed by atoms with Crippen molar-refractivity contribution in [3.63, 3.8) is 0 Å². The Morgan fingerprint density at radius 1 is 1.04 bits per heavy atom. The van der Waals surface area contributed by atoms with E-state index >= 15 is 0 Å². The van der Waals surface area contributed by atoms with Gasteiger partial charge in [-0.1, -0.05) is 17.7 Å². The lowest BCUT2D eigenvalue weighted by atomic mass is 10.2. The Balaban J connectivity index is 0.00000529. The van der Waals surface area contributed by atoms with Crippen molar-refractivity contribution in [3.05, 3.63) is 29.8 Å². The van der Waals surface area contributed by atoms with E-state index < -0.39 is 0 Å². The van der Waals surface area contributed by atoms with Gasteiger partial charge in [-0.2, -0.15) is 11.8 Å². The van der Waals surface area contributed by atoms with Crippen LogP contribution in [0.3, 0.4) is 0 Å². The van der Waals surface area contributed by atoms with Gasteiger partial charge in [-0.15, -0.1) is 24.0 Å². The lowest BCUT2D eigenvalue weighted by Crippen LogP contribution is -2.38. The molecule has 0 unspecified atom stereocenters. The molecule has 0 aliphatic rings. The summed E-state index contributed by atoms with van der Waals surface area (Å²) in [5.41, 5.74) is 1.26. The van der Waals surface area contributed by atoms with Crippen molar-refractivity contribution in [2.75, 3.05) is 38.8 Å². The first kappa shape index (κ1) is 23.4. The van der Waals surface area contributed by atoms with Gasteiger partial charge in [-0.25, -0.2) is 0 Å². The third-order valence-electron chi connectivity index (χ3n) is 3.44. The average Bonchev–Trinajstić information content (AvgIpc) is 2.57. The number of nitrogens with one attached hydrogen (secondary N) is 2. The molecule has 0 saturated heterocycles. The molecule has 1 aromatic carbocycles. The Labute approximate surface area is 168 Å². The summed E-state index contributed by atoms with van der Waals surface area (Å²) in [7, 11) is 1.82. The molecule has 0 bridgehead atoms. The van der Waals surface area contributed by atoms with Gasteiger partial charge in [0.25, 0.3) is 0 Å². The summed E-state index contributed by atoms with van der Waals surface area (Å²) >= 11 is 1.90. The molecule has 0 aromatic heterocycles. The number of benzene rings is 1. The molecule has 0 aliphatic carbocycles. The fourth-order valence-electron chi connectivity index (χ4n) is 2.06. The van der Waals surface area contributed by atoms with Crippen LogP contribution in [-0.4, -0.2) is 44.7 Å². The molecule has 0 radical (unpaired) electrons. The van der Waals surface area contributed by atoms with Gasteiger partial charge >= 0.3 is 0 Å². The quantitative estimate of drug-likeness (QED) is 0.224. The zero-order valence-corrected chi connectivity index (χ0v) is 18.3. The molecule has 1 aromatic rings. The maximum absolute atomic E-state index is 5.72. The lowest BCUT2D eigenvalue weighted by Gasteiger charge is -2.12. The molecule has 6 heteroatoms. The second-order valence-electron chi connectivity index (χ2n) is 5.49. The summed E-state index contributed by atoms with van der Waals surface area (Å²) in [6.07, 6.45) is 6.69. The molecular weight excluding hydrogens is 433 g/mol. The van der Waals surface area contributed by atoms with Crippen LogP contribution in [0.2, 0.25) is 0 Å². The normalized spacial score (nSPS) is 10.9. The Morgan fingerprint density at radius 3 is 2.25 bits per heavy atom. The van der Waals surface area contributed by atoms with E-state index in [0.717, 1.165) is 44.2 Å². The molecule has 4 nitrogen and oxygen atoms in total. The number of ether oxygens (including phenoxy) is 1. The highest BCUT2D eigenvalue weighted by molar-refractivity contribution is 14.0. The van der Waals surface area contributed by atoms with Gasteiger partial charge in [0.1, 0.15) is 5.75 Å². The van der Waals surface area contributed by atoms with Crippen LogP contribution in [0.25, 0.3) is 0 Å². The van der Waals surface area contributed by atoms with Gasteiger partial charge in [0.2, 0.25) is 0 Å². The van der Waals surface area contributed by atoms with E-state index in [2.05, 4.69) is 40.9 Å². The second-order valence-corrected chi connectivity index (χ2v) is 6.48. The van der Waals surface area contributed by atoms with Crippen molar-refractivity contribution in [2.24, 2.45) is 4.99 Å². The van der Waals surface area contributed by atoms with E-state index in [9.17, 15) is 0 Å². The van der Waals surface area contributed by atoms with Gasteiger partial charge in [0.15, 0.2) is 5.96 Å². The molecule has 0 fully saturated rings. The number of hydrogen-bond donors (Lipinski definition) is 2. The lowest BCUT2D eigenvalue weighted by molar-refractivity contribution is 0.307. The topological polar surface area (TPSA) is 45.7 Å².